The highest BCUT2D eigenvalue weighted by atomic mass is 16.2. The number of carbonyl (C=O) groups is 1. The highest BCUT2D eigenvalue weighted by molar-refractivity contribution is 5.89. The van der Waals surface area contributed by atoms with Gasteiger partial charge in [-0.25, -0.2) is 0 Å². The van der Waals surface area contributed by atoms with Crippen LogP contribution in [0.3, 0.4) is 0 Å². The highest BCUT2D eigenvalue weighted by Crippen LogP contribution is 2.19. The predicted octanol–water partition coefficient (Wildman–Crippen LogP) is 3.19. The molecule has 2 aromatic carbocycles. The van der Waals surface area contributed by atoms with E-state index in [9.17, 15) is 4.79 Å². The van der Waals surface area contributed by atoms with Crippen LogP contribution in [0.15, 0.2) is 54.7 Å². The zero-order valence-electron chi connectivity index (χ0n) is 11.9. The van der Waals surface area contributed by atoms with Crippen molar-refractivity contribution in [1.29, 1.82) is 0 Å². The number of para-hydroxylation sites is 2. The third kappa shape index (κ3) is 2.07. The molecule has 108 valence electrons. The summed E-state index contributed by atoms with van der Waals surface area (Å²) in [5.74, 6) is -0.0426. The molecule has 0 saturated heterocycles. The van der Waals surface area contributed by atoms with Crippen LogP contribution in [0.5, 0.6) is 0 Å². The van der Waals surface area contributed by atoms with Gasteiger partial charge in [-0.15, -0.1) is 5.10 Å². The lowest BCUT2D eigenvalue weighted by atomic mass is 10.1. The number of aromatic amines is 1. The van der Waals surface area contributed by atoms with E-state index in [-0.39, 0.29) is 5.91 Å². The maximum atomic E-state index is 12.4. The molecule has 0 aliphatic heterocycles. The molecule has 0 saturated carbocycles. The normalized spacial score (nSPS) is 11.3. The molecule has 22 heavy (non-hydrogen) atoms. The topological polar surface area (TPSA) is 63.6 Å². The third-order valence-electron chi connectivity index (χ3n) is 3.87. The number of carbonyl (C=O) groups excluding carboxylic acids is 1. The van der Waals surface area contributed by atoms with Crippen molar-refractivity contribution in [2.24, 2.45) is 0 Å². The lowest BCUT2D eigenvalue weighted by Gasteiger charge is -2.01. The van der Waals surface area contributed by atoms with Crippen LogP contribution in [-0.4, -0.2) is 25.9 Å². The van der Waals surface area contributed by atoms with Crippen molar-refractivity contribution in [3.05, 3.63) is 60.3 Å². The first-order valence-corrected chi connectivity index (χ1v) is 7.21. The van der Waals surface area contributed by atoms with Gasteiger partial charge in [-0.1, -0.05) is 35.5 Å². The van der Waals surface area contributed by atoms with Crippen LogP contribution in [0.25, 0.3) is 21.9 Å². The summed E-state index contributed by atoms with van der Waals surface area (Å²) in [4.78, 5) is 15.6. The fourth-order valence-electron chi connectivity index (χ4n) is 2.74. The lowest BCUT2D eigenvalue weighted by molar-refractivity contribution is 0.0890. The molecule has 0 unspecified atom stereocenters. The molecule has 5 heteroatoms. The van der Waals surface area contributed by atoms with Crippen molar-refractivity contribution in [1.82, 2.24) is 20.0 Å². The molecular weight excluding hydrogens is 276 g/mol. The zero-order chi connectivity index (χ0) is 14.9. The summed E-state index contributed by atoms with van der Waals surface area (Å²) in [6.07, 6.45) is 3.05. The van der Waals surface area contributed by atoms with Crippen LogP contribution in [-0.2, 0) is 6.42 Å². The molecule has 0 aliphatic carbocycles. The zero-order valence-corrected chi connectivity index (χ0v) is 11.9. The first-order chi connectivity index (χ1) is 10.8. The molecule has 0 atom stereocenters. The predicted molar refractivity (Wildman–Crippen MR) is 84.8 cm³/mol. The second-order valence-corrected chi connectivity index (χ2v) is 5.24. The summed E-state index contributed by atoms with van der Waals surface area (Å²) >= 11 is 0. The number of hydrogen-bond donors (Lipinski definition) is 1. The molecule has 0 fully saturated rings. The summed E-state index contributed by atoms with van der Waals surface area (Å²) < 4.78 is 1.39. The molecule has 5 nitrogen and oxygen atoms in total. The van der Waals surface area contributed by atoms with E-state index in [4.69, 9.17) is 0 Å². The minimum absolute atomic E-state index is 0.0426. The van der Waals surface area contributed by atoms with Crippen LogP contribution in [0.1, 0.15) is 16.8 Å². The largest absolute Gasteiger partial charge is 0.361 e. The van der Waals surface area contributed by atoms with Gasteiger partial charge in [0.05, 0.1) is 5.52 Å². The monoisotopic (exact) mass is 290 g/mol. The van der Waals surface area contributed by atoms with Gasteiger partial charge in [0.2, 0.25) is 5.91 Å². The van der Waals surface area contributed by atoms with E-state index in [2.05, 4.69) is 21.4 Å². The number of nitrogens with zero attached hydrogens (tertiary/aromatic N) is 3. The van der Waals surface area contributed by atoms with Crippen LogP contribution >= 0.6 is 0 Å². The quantitative estimate of drug-likeness (QED) is 0.630. The van der Waals surface area contributed by atoms with Crippen molar-refractivity contribution in [3.63, 3.8) is 0 Å². The Kier molecular flexibility index (Phi) is 2.96. The van der Waals surface area contributed by atoms with E-state index >= 15 is 0 Å². The Balaban J connectivity index is 1.57. The second kappa shape index (κ2) is 5.11. The molecule has 0 bridgehead atoms. The Morgan fingerprint density at radius 3 is 2.86 bits per heavy atom. The van der Waals surface area contributed by atoms with Crippen LogP contribution < -0.4 is 0 Å². The van der Waals surface area contributed by atoms with Crippen molar-refractivity contribution in [2.45, 2.75) is 12.8 Å². The van der Waals surface area contributed by atoms with Gasteiger partial charge in [-0.05, 0) is 30.2 Å². The molecule has 0 amide bonds. The summed E-state index contributed by atoms with van der Waals surface area (Å²) in [5.41, 5.74) is 3.74. The highest BCUT2D eigenvalue weighted by Gasteiger charge is 2.12. The van der Waals surface area contributed by atoms with Gasteiger partial charge in [0.1, 0.15) is 5.52 Å². The number of aryl methyl sites for hydroxylation is 1. The van der Waals surface area contributed by atoms with Crippen molar-refractivity contribution in [3.8, 4) is 0 Å². The van der Waals surface area contributed by atoms with E-state index < -0.39 is 0 Å². The van der Waals surface area contributed by atoms with Gasteiger partial charge in [0.15, 0.2) is 0 Å². The van der Waals surface area contributed by atoms with Gasteiger partial charge in [0, 0.05) is 23.5 Å². The van der Waals surface area contributed by atoms with E-state index in [0.29, 0.717) is 12.8 Å². The average Bonchev–Trinajstić information content (AvgIpc) is 3.17. The Labute approximate surface area is 126 Å². The second-order valence-electron chi connectivity index (χ2n) is 5.24. The van der Waals surface area contributed by atoms with E-state index in [1.54, 1.807) is 0 Å². The molecule has 0 aliphatic rings. The van der Waals surface area contributed by atoms with Crippen molar-refractivity contribution in [2.75, 3.05) is 0 Å². The molecule has 0 radical (unpaired) electrons. The minimum atomic E-state index is -0.0426. The van der Waals surface area contributed by atoms with Gasteiger partial charge in [-0.2, -0.15) is 4.68 Å². The van der Waals surface area contributed by atoms with Gasteiger partial charge in [0.25, 0.3) is 0 Å². The summed E-state index contributed by atoms with van der Waals surface area (Å²) in [7, 11) is 0. The summed E-state index contributed by atoms with van der Waals surface area (Å²) in [6.45, 7) is 0. The van der Waals surface area contributed by atoms with Gasteiger partial charge < -0.3 is 4.98 Å². The molecule has 1 N–H and O–H groups in total. The first kappa shape index (κ1) is 12.8. The smallest absolute Gasteiger partial charge is 0.249 e. The Bertz CT molecular complexity index is 967. The van der Waals surface area contributed by atoms with Crippen LogP contribution in [0.2, 0.25) is 0 Å². The van der Waals surface area contributed by atoms with E-state index in [1.165, 1.54) is 10.1 Å². The number of hydrogen-bond acceptors (Lipinski definition) is 3. The molecular formula is C17H14N4O. The number of aromatic nitrogens is 4. The van der Waals surface area contributed by atoms with Crippen LogP contribution in [0, 0.1) is 0 Å². The lowest BCUT2D eigenvalue weighted by Crippen LogP contribution is -2.13. The van der Waals surface area contributed by atoms with Crippen molar-refractivity contribution >= 4 is 27.8 Å². The number of rotatable bonds is 3. The maximum absolute atomic E-state index is 12.4. The minimum Gasteiger partial charge on any atom is -0.361 e. The average molecular weight is 290 g/mol. The Morgan fingerprint density at radius 2 is 1.91 bits per heavy atom. The summed E-state index contributed by atoms with van der Waals surface area (Å²) in [5, 5.41) is 9.15. The fourth-order valence-corrected chi connectivity index (χ4v) is 2.74. The molecule has 2 aromatic heterocycles. The molecule has 2 heterocycles. The van der Waals surface area contributed by atoms with Crippen LogP contribution in [0.4, 0.5) is 0 Å². The molecule has 4 rings (SSSR count). The number of nitrogens with one attached hydrogen (secondary N) is 1. The third-order valence-corrected chi connectivity index (χ3v) is 3.87. The van der Waals surface area contributed by atoms with Gasteiger partial charge >= 0.3 is 0 Å². The Morgan fingerprint density at radius 1 is 1.09 bits per heavy atom. The maximum Gasteiger partial charge on any atom is 0.249 e. The van der Waals surface area contributed by atoms with Crippen molar-refractivity contribution < 1.29 is 4.79 Å². The number of fused-ring (bicyclic) bond motifs is 2. The van der Waals surface area contributed by atoms with E-state index in [0.717, 1.165) is 22.1 Å². The molecule has 4 aromatic rings. The summed E-state index contributed by atoms with van der Waals surface area (Å²) in [6, 6.07) is 15.6. The number of benzene rings is 2. The number of H-pyrrole nitrogens is 1. The first-order valence-electron chi connectivity index (χ1n) is 7.21. The van der Waals surface area contributed by atoms with Gasteiger partial charge in [-0.3, -0.25) is 4.79 Å². The fraction of sp³-hybridized carbons (Fsp3) is 0.118. The molecule has 0 spiro atoms. The standard InChI is InChI=1S/C17H14N4O/c22-17(21-16-8-4-3-7-15(16)19-20-21)10-9-12-11-18-14-6-2-1-5-13(12)14/h1-8,11,18H,9-10H2. The van der Waals surface area contributed by atoms with E-state index in [1.807, 2.05) is 48.7 Å². The SMILES string of the molecule is O=C(CCc1c[nH]c2ccccc12)n1nnc2ccccc21. The Hall–Kier alpha value is -2.95.